The van der Waals surface area contributed by atoms with Crippen LogP contribution in [-0.2, 0) is 9.59 Å². The molecule has 1 aliphatic heterocycles. The quantitative estimate of drug-likeness (QED) is 0.570. The zero-order valence-electron chi connectivity index (χ0n) is 8.58. The Kier molecular flexibility index (Phi) is 2.65. The summed E-state index contributed by atoms with van der Waals surface area (Å²) in [7, 11) is 0. The molecule has 1 aliphatic carbocycles. The van der Waals surface area contributed by atoms with Gasteiger partial charge in [-0.2, -0.15) is 0 Å². The molecular formula is C10H16N2O3. The highest BCUT2D eigenvalue weighted by molar-refractivity contribution is 5.84. The molecule has 0 aromatic carbocycles. The molecule has 5 heteroatoms. The van der Waals surface area contributed by atoms with E-state index >= 15 is 0 Å². The van der Waals surface area contributed by atoms with Gasteiger partial charge in [0.2, 0.25) is 11.8 Å². The van der Waals surface area contributed by atoms with Crippen LogP contribution in [0.3, 0.4) is 0 Å². The van der Waals surface area contributed by atoms with Crippen LogP contribution in [0.1, 0.15) is 25.7 Å². The summed E-state index contributed by atoms with van der Waals surface area (Å²) in [4.78, 5) is 22.6. The van der Waals surface area contributed by atoms with Crippen LogP contribution in [-0.4, -0.2) is 35.6 Å². The molecule has 1 atom stereocenters. The van der Waals surface area contributed by atoms with Gasteiger partial charge in [-0.15, -0.1) is 0 Å². The highest BCUT2D eigenvalue weighted by atomic mass is 16.3. The minimum atomic E-state index is -0.349. The third-order valence-electron chi connectivity index (χ3n) is 3.18. The average molecular weight is 212 g/mol. The number of piperidine rings is 1. The Morgan fingerprint density at radius 2 is 2.33 bits per heavy atom. The molecule has 5 nitrogen and oxygen atoms in total. The fourth-order valence-electron chi connectivity index (χ4n) is 1.79. The molecular weight excluding hydrogens is 196 g/mol. The molecule has 2 rings (SSSR count). The Hall–Kier alpha value is -1.10. The fraction of sp³-hybridized carbons (Fsp3) is 0.800. The second-order valence-electron chi connectivity index (χ2n) is 4.47. The Morgan fingerprint density at radius 1 is 1.60 bits per heavy atom. The van der Waals surface area contributed by atoms with Gasteiger partial charge in [0.15, 0.2) is 0 Å². The van der Waals surface area contributed by atoms with Gasteiger partial charge in [0, 0.05) is 13.0 Å². The Bertz CT molecular complexity index is 276. The van der Waals surface area contributed by atoms with Gasteiger partial charge in [0.05, 0.1) is 18.1 Å². The molecule has 1 saturated carbocycles. The van der Waals surface area contributed by atoms with Crippen LogP contribution < -0.4 is 10.6 Å². The first-order valence-corrected chi connectivity index (χ1v) is 5.35. The number of aliphatic hydroxyl groups is 1. The van der Waals surface area contributed by atoms with E-state index in [4.69, 9.17) is 5.11 Å². The SMILES string of the molecule is O=C1CCC(C(=O)NC2(CO)CC2)CN1. The molecule has 0 bridgehead atoms. The first-order chi connectivity index (χ1) is 7.15. The molecule has 2 aliphatic rings. The van der Waals surface area contributed by atoms with Gasteiger partial charge in [-0.1, -0.05) is 0 Å². The van der Waals surface area contributed by atoms with E-state index in [0.29, 0.717) is 19.4 Å². The summed E-state index contributed by atoms with van der Waals surface area (Å²) >= 11 is 0. The third-order valence-corrected chi connectivity index (χ3v) is 3.18. The topological polar surface area (TPSA) is 78.4 Å². The van der Waals surface area contributed by atoms with Crippen LogP contribution in [0.5, 0.6) is 0 Å². The van der Waals surface area contributed by atoms with Crippen molar-refractivity contribution in [3.8, 4) is 0 Å². The van der Waals surface area contributed by atoms with Gasteiger partial charge in [0.1, 0.15) is 0 Å². The van der Waals surface area contributed by atoms with Crippen molar-refractivity contribution in [2.45, 2.75) is 31.2 Å². The second-order valence-corrected chi connectivity index (χ2v) is 4.47. The minimum Gasteiger partial charge on any atom is -0.394 e. The normalized spacial score (nSPS) is 28.1. The zero-order valence-corrected chi connectivity index (χ0v) is 8.58. The summed E-state index contributed by atoms with van der Waals surface area (Å²) in [5.41, 5.74) is -0.349. The van der Waals surface area contributed by atoms with E-state index in [-0.39, 0.29) is 29.9 Å². The minimum absolute atomic E-state index is 0.0117. The summed E-state index contributed by atoms with van der Waals surface area (Å²) in [6, 6.07) is 0. The maximum absolute atomic E-state index is 11.7. The van der Waals surface area contributed by atoms with Gasteiger partial charge in [0.25, 0.3) is 0 Å². The lowest BCUT2D eigenvalue weighted by Gasteiger charge is -2.24. The van der Waals surface area contributed by atoms with Crippen LogP contribution in [0.25, 0.3) is 0 Å². The molecule has 0 aromatic rings. The summed E-state index contributed by atoms with van der Waals surface area (Å²) in [6.45, 7) is 0.435. The maximum atomic E-state index is 11.7. The van der Waals surface area contributed by atoms with E-state index < -0.39 is 0 Å². The highest BCUT2D eigenvalue weighted by Crippen LogP contribution is 2.35. The summed E-state index contributed by atoms with van der Waals surface area (Å²) in [5, 5.41) is 14.6. The predicted molar refractivity (Wildman–Crippen MR) is 52.9 cm³/mol. The van der Waals surface area contributed by atoms with Crippen LogP contribution in [0.2, 0.25) is 0 Å². The van der Waals surface area contributed by atoms with Crippen molar-refractivity contribution in [2.24, 2.45) is 5.92 Å². The molecule has 0 radical (unpaired) electrons. The van der Waals surface area contributed by atoms with E-state index in [2.05, 4.69) is 10.6 Å². The van der Waals surface area contributed by atoms with Gasteiger partial charge in [-0.05, 0) is 19.3 Å². The molecule has 0 aromatic heterocycles. The lowest BCUT2D eigenvalue weighted by atomic mass is 9.98. The first-order valence-electron chi connectivity index (χ1n) is 5.35. The standard InChI is InChI=1S/C10H16N2O3/c13-6-10(3-4-10)12-9(15)7-1-2-8(14)11-5-7/h7,13H,1-6H2,(H,11,14)(H,12,15). The number of aliphatic hydroxyl groups excluding tert-OH is 1. The molecule has 2 amide bonds. The molecule has 1 unspecified atom stereocenters. The average Bonchev–Trinajstić information content (AvgIpc) is 2.99. The van der Waals surface area contributed by atoms with Crippen LogP contribution in [0, 0.1) is 5.92 Å². The predicted octanol–water partition coefficient (Wildman–Crippen LogP) is -0.846. The second kappa shape index (κ2) is 3.81. The number of hydrogen-bond donors (Lipinski definition) is 3. The van der Waals surface area contributed by atoms with E-state index in [9.17, 15) is 9.59 Å². The molecule has 3 N–H and O–H groups in total. The van der Waals surface area contributed by atoms with E-state index in [1.54, 1.807) is 0 Å². The number of nitrogens with one attached hydrogen (secondary N) is 2. The molecule has 1 heterocycles. The number of carbonyl (C=O) groups excluding carboxylic acids is 2. The van der Waals surface area contributed by atoms with Gasteiger partial charge < -0.3 is 15.7 Å². The van der Waals surface area contributed by atoms with Gasteiger partial charge in [-0.3, -0.25) is 9.59 Å². The maximum Gasteiger partial charge on any atom is 0.225 e. The molecule has 0 spiro atoms. The number of hydrogen-bond acceptors (Lipinski definition) is 3. The van der Waals surface area contributed by atoms with Gasteiger partial charge in [-0.25, -0.2) is 0 Å². The molecule has 2 fully saturated rings. The lowest BCUT2D eigenvalue weighted by molar-refractivity contribution is -0.129. The van der Waals surface area contributed by atoms with Crippen molar-refractivity contribution < 1.29 is 14.7 Å². The van der Waals surface area contributed by atoms with Crippen molar-refractivity contribution in [1.82, 2.24) is 10.6 Å². The summed E-state index contributed by atoms with van der Waals surface area (Å²) in [6.07, 6.45) is 2.74. The number of rotatable bonds is 3. The van der Waals surface area contributed by atoms with Crippen molar-refractivity contribution in [1.29, 1.82) is 0 Å². The fourth-order valence-corrected chi connectivity index (χ4v) is 1.79. The van der Waals surface area contributed by atoms with Crippen molar-refractivity contribution >= 4 is 11.8 Å². The van der Waals surface area contributed by atoms with Crippen molar-refractivity contribution in [2.75, 3.05) is 13.2 Å². The Labute approximate surface area is 88.2 Å². The first kappa shape index (κ1) is 10.4. The molecule has 84 valence electrons. The number of carbonyl (C=O) groups is 2. The largest absolute Gasteiger partial charge is 0.394 e. The van der Waals surface area contributed by atoms with Crippen molar-refractivity contribution in [3.05, 3.63) is 0 Å². The number of amides is 2. The smallest absolute Gasteiger partial charge is 0.225 e. The Balaban J connectivity index is 1.83. The van der Waals surface area contributed by atoms with Crippen LogP contribution >= 0.6 is 0 Å². The molecule has 1 saturated heterocycles. The monoisotopic (exact) mass is 212 g/mol. The van der Waals surface area contributed by atoms with Crippen molar-refractivity contribution in [3.63, 3.8) is 0 Å². The van der Waals surface area contributed by atoms with E-state index in [1.807, 2.05) is 0 Å². The van der Waals surface area contributed by atoms with Crippen LogP contribution in [0.15, 0.2) is 0 Å². The van der Waals surface area contributed by atoms with E-state index in [0.717, 1.165) is 12.8 Å². The van der Waals surface area contributed by atoms with Crippen LogP contribution in [0.4, 0.5) is 0 Å². The third kappa shape index (κ3) is 2.28. The van der Waals surface area contributed by atoms with E-state index in [1.165, 1.54) is 0 Å². The zero-order chi connectivity index (χ0) is 10.9. The van der Waals surface area contributed by atoms with Gasteiger partial charge >= 0.3 is 0 Å². The lowest BCUT2D eigenvalue weighted by Crippen LogP contribution is -2.48. The summed E-state index contributed by atoms with van der Waals surface area (Å²) in [5.74, 6) is -0.157. The molecule has 15 heavy (non-hydrogen) atoms. The highest BCUT2D eigenvalue weighted by Gasteiger charge is 2.44. The Morgan fingerprint density at radius 3 is 2.80 bits per heavy atom. The summed E-state index contributed by atoms with van der Waals surface area (Å²) < 4.78 is 0.